The van der Waals surface area contributed by atoms with E-state index < -0.39 is 11.5 Å². The Hall–Kier alpha value is -1.89. The molecule has 0 radical (unpaired) electrons. The van der Waals surface area contributed by atoms with Gasteiger partial charge in [0.15, 0.2) is 5.76 Å². The summed E-state index contributed by atoms with van der Waals surface area (Å²) in [6, 6.07) is 7.52. The standard InChI is InChI=1S/C15H19N3O3/c1-15(20)6-7-18(9-15)8-11-10-4-2-3-5-12(10)21-13(11)14(19)17-16/h2-5,20H,6-9,16H2,1H3,(H,17,19). The van der Waals surface area contributed by atoms with E-state index in [0.29, 0.717) is 18.7 Å². The van der Waals surface area contributed by atoms with Crippen molar-refractivity contribution in [2.45, 2.75) is 25.5 Å². The third-order valence-electron chi connectivity index (χ3n) is 3.95. The van der Waals surface area contributed by atoms with Crippen LogP contribution in [-0.4, -0.2) is 34.6 Å². The molecular formula is C15H19N3O3. The molecule has 1 aromatic carbocycles. The average molecular weight is 289 g/mol. The molecule has 1 aliphatic rings. The van der Waals surface area contributed by atoms with Crippen LogP contribution in [0, 0.1) is 0 Å². The zero-order valence-corrected chi connectivity index (χ0v) is 11.9. The number of amides is 1. The maximum Gasteiger partial charge on any atom is 0.301 e. The zero-order valence-electron chi connectivity index (χ0n) is 11.9. The molecule has 0 bridgehead atoms. The predicted molar refractivity (Wildman–Crippen MR) is 78.4 cm³/mol. The van der Waals surface area contributed by atoms with Crippen molar-refractivity contribution in [1.29, 1.82) is 0 Å². The van der Waals surface area contributed by atoms with E-state index >= 15 is 0 Å². The molecule has 1 aliphatic heterocycles. The van der Waals surface area contributed by atoms with Gasteiger partial charge >= 0.3 is 5.91 Å². The molecule has 21 heavy (non-hydrogen) atoms. The number of benzene rings is 1. The highest BCUT2D eigenvalue weighted by Crippen LogP contribution is 2.29. The summed E-state index contributed by atoms with van der Waals surface area (Å²) in [6.45, 7) is 3.75. The second-order valence-corrected chi connectivity index (χ2v) is 5.84. The summed E-state index contributed by atoms with van der Waals surface area (Å²) in [5, 5.41) is 11.0. The number of nitrogens with zero attached hydrogens (tertiary/aromatic N) is 1. The maximum atomic E-state index is 11.9. The Morgan fingerprint density at radius 2 is 2.29 bits per heavy atom. The Morgan fingerprint density at radius 3 is 2.95 bits per heavy atom. The Balaban J connectivity index is 1.98. The SMILES string of the molecule is CC1(O)CCN(Cc2c(C(=O)NN)oc3ccccc23)C1. The van der Waals surface area contributed by atoms with Crippen molar-refractivity contribution >= 4 is 16.9 Å². The van der Waals surface area contributed by atoms with Gasteiger partial charge in [0, 0.05) is 30.6 Å². The number of hydrogen-bond acceptors (Lipinski definition) is 5. The summed E-state index contributed by atoms with van der Waals surface area (Å²) in [5.41, 5.74) is 2.93. The third-order valence-corrected chi connectivity index (χ3v) is 3.95. The van der Waals surface area contributed by atoms with Gasteiger partial charge in [0.2, 0.25) is 0 Å². The van der Waals surface area contributed by atoms with Gasteiger partial charge in [-0.25, -0.2) is 5.84 Å². The average Bonchev–Trinajstić information content (AvgIpc) is 2.99. The minimum atomic E-state index is -0.671. The number of nitrogen functional groups attached to an aromatic ring is 1. The van der Waals surface area contributed by atoms with E-state index in [1.54, 1.807) is 0 Å². The molecule has 6 heteroatoms. The fourth-order valence-electron chi connectivity index (χ4n) is 2.90. The molecule has 6 nitrogen and oxygen atoms in total. The second kappa shape index (κ2) is 5.14. The number of nitrogens with one attached hydrogen (secondary N) is 1. The topological polar surface area (TPSA) is 91.7 Å². The molecule has 2 heterocycles. The largest absolute Gasteiger partial charge is 0.451 e. The number of aliphatic hydroxyl groups is 1. The van der Waals surface area contributed by atoms with Crippen LogP contribution in [0.3, 0.4) is 0 Å². The highest BCUT2D eigenvalue weighted by atomic mass is 16.3. The van der Waals surface area contributed by atoms with Crippen LogP contribution in [0.1, 0.15) is 29.5 Å². The number of β-amino-alcohol motifs (C(OH)–C–C–N with tert-alkyl or cyclic N) is 1. The van der Waals surface area contributed by atoms with Gasteiger partial charge in [0.25, 0.3) is 0 Å². The Bertz CT molecular complexity index is 678. The first-order valence-electron chi connectivity index (χ1n) is 6.96. The van der Waals surface area contributed by atoms with Gasteiger partial charge in [-0.2, -0.15) is 0 Å². The normalized spacial score (nSPS) is 22.8. The van der Waals surface area contributed by atoms with Crippen molar-refractivity contribution in [3.8, 4) is 0 Å². The lowest BCUT2D eigenvalue weighted by Gasteiger charge is -2.18. The second-order valence-electron chi connectivity index (χ2n) is 5.84. The summed E-state index contributed by atoms with van der Waals surface area (Å²) in [6.07, 6.45) is 0.723. The van der Waals surface area contributed by atoms with E-state index in [2.05, 4.69) is 10.3 Å². The first kappa shape index (κ1) is 14.1. The van der Waals surface area contributed by atoms with E-state index in [-0.39, 0.29) is 5.76 Å². The van der Waals surface area contributed by atoms with Crippen molar-refractivity contribution in [1.82, 2.24) is 10.3 Å². The number of para-hydroxylation sites is 1. The van der Waals surface area contributed by atoms with Gasteiger partial charge in [-0.1, -0.05) is 18.2 Å². The van der Waals surface area contributed by atoms with Crippen molar-refractivity contribution in [3.63, 3.8) is 0 Å². The van der Waals surface area contributed by atoms with E-state index in [0.717, 1.165) is 23.9 Å². The van der Waals surface area contributed by atoms with Crippen LogP contribution < -0.4 is 11.3 Å². The molecule has 1 fully saturated rings. The summed E-state index contributed by atoms with van der Waals surface area (Å²) in [4.78, 5) is 14.0. The molecule has 0 aliphatic carbocycles. The molecule has 1 atom stereocenters. The van der Waals surface area contributed by atoms with E-state index in [1.165, 1.54) is 0 Å². The maximum absolute atomic E-state index is 11.9. The molecule has 1 aromatic heterocycles. The number of furan rings is 1. The number of carbonyl (C=O) groups is 1. The highest BCUT2D eigenvalue weighted by molar-refractivity contribution is 5.98. The van der Waals surface area contributed by atoms with Gasteiger partial charge in [-0.05, 0) is 19.4 Å². The third kappa shape index (κ3) is 2.65. The number of fused-ring (bicyclic) bond motifs is 1. The lowest BCUT2D eigenvalue weighted by molar-refractivity contribution is 0.0678. The van der Waals surface area contributed by atoms with Crippen LogP contribution in [-0.2, 0) is 6.54 Å². The lowest BCUT2D eigenvalue weighted by atomic mass is 10.1. The van der Waals surface area contributed by atoms with Crippen LogP contribution in [0.25, 0.3) is 11.0 Å². The van der Waals surface area contributed by atoms with Crippen molar-refractivity contribution in [2.75, 3.05) is 13.1 Å². The first-order chi connectivity index (χ1) is 10.00. The molecule has 1 saturated heterocycles. The van der Waals surface area contributed by atoms with Crippen molar-refractivity contribution < 1.29 is 14.3 Å². The van der Waals surface area contributed by atoms with Gasteiger partial charge in [0.05, 0.1) is 5.60 Å². The molecular weight excluding hydrogens is 270 g/mol. The smallest absolute Gasteiger partial charge is 0.301 e. The number of likely N-dealkylation sites (tertiary alicyclic amines) is 1. The number of nitrogens with two attached hydrogens (primary N) is 1. The van der Waals surface area contributed by atoms with Crippen LogP contribution in [0.4, 0.5) is 0 Å². The Morgan fingerprint density at radius 1 is 1.52 bits per heavy atom. The predicted octanol–water partition coefficient (Wildman–Crippen LogP) is 0.993. The fourth-order valence-corrected chi connectivity index (χ4v) is 2.90. The fraction of sp³-hybridized carbons (Fsp3) is 0.400. The minimum absolute atomic E-state index is 0.241. The van der Waals surface area contributed by atoms with E-state index in [4.69, 9.17) is 10.3 Å². The molecule has 1 amide bonds. The Kier molecular flexibility index (Phi) is 3.44. The van der Waals surface area contributed by atoms with Crippen LogP contribution in [0.15, 0.2) is 28.7 Å². The number of carbonyl (C=O) groups excluding carboxylic acids is 1. The molecule has 0 saturated carbocycles. The molecule has 2 aromatic rings. The van der Waals surface area contributed by atoms with Gasteiger partial charge < -0.3 is 9.52 Å². The summed E-state index contributed by atoms with van der Waals surface area (Å²) < 4.78 is 5.63. The molecule has 0 spiro atoms. The Labute approximate surface area is 122 Å². The van der Waals surface area contributed by atoms with Gasteiger partial charge in [0.1, 0.15) is 5.58 Å². The zero-order chi connectivity index (χ0) is 15.0. The summed E-state index contributed by atoms with van der Waals surface area (Å²) >= 11 is 0. The van der Waals surface area contributed by atoms with Crippen molar-refractivity contribution in [2.24, 2.45) is 5.84 Å². The van der Waals surface area contributed by atoms with Gasteiger partial charge in [-0.3, -0.25) is 15.1 Å². The van der Waals surface area contributed by atoms with Crippen LogP contribution in [0.2, 0.25) is 0 Å². The monoisotopic (exact) mass is 289 g/mol. The number of hydrogen-bond donors (Lipinski definition) is 3. The first-order valence-corrected chi connectivity index (χ1v) is 6.96. The molecule has 4 N–H and O–H groups in total. The number of hydrazine groups is 1. The highest BCUT2D eigenvalue weighted by Gasteiger charge is 2.32. The minimum Gasteiger partial charge on any atom is -0.451 e. The molecule has 3 rings (SSSR count). The number of rotatable bonds is 3. The molecule has 112 valence electrons. The van der Waals surface area contributed by atoms with Gasteiger partial charge in [-0.15, -0.1) is 0 Å². The van der Waals surface area contributed by atoms with Crippen LogP contribution >= 0.6 is 0 Å². The lowest BCUT2D eigenvalue weighted by Crippen LogP contribution is -2.32. The van der Waals surface area contributed by atoms with Crippen LogP contribution in [0.5, 0.6) is 0 Å². The molecule has 1 unspecified atom stereocenters. The summed E-state index contributed by atoms with van der Waals surface area (Å²) in [5.74, 6) is 5.04. The van der Waals surface area contributed by atoms with E-state index in [9.17, 15) is 9.90 Å². The quantitative estimate of drug-likeness (QED) is 0.445. The van der Waals surface area contributed by atoms with E-state index in [1.807, 2.05) is 31.2 Å². The van der Waals surface area contributed by atoms with Crippen molar-refractivity contribution in [3.05, 3.63) is 35.6 Å². The summed E-state index contributed by atoms with van der Waals surface area (Å²) in [7, 11) is 0.